The van der Waals surface area contributed by atoms with Crippen molar-refractivity contribution in [2.24, 2.45) is 11.7 Å². The Morgan fingerprint density at radius 1 is 1.38 bits per heavy atom. The third kappa shape index (κ3) is 3.17. The van der Waals surface area contributed by atoms with Crippen LogP contribution in [0.25, 0.3) is 11.0 Å². The zero-order valence-corrected chi connectivity index (χ0v) is 12.5. The van der Waals surface area contributed by atoms with Gasteiger partial charge in [-0.1, -0.05) is 12.1 Å². The maximum absolute atomic E-state index is 11.8. The molecule has 3 rings (SSSR count). The Kier molecular flexibility index (Phi) is 4.08. The highest BCUT2D eigenvalue weighted by atomic mass is 16.4. The molecule has 0 aliphatic carbocycles. The molecule has 112 valence electrons. The number of nitrogens with zero attached hydrogens (tertiary/aromatic N) is 1. The third-order valence-electron chi connectivity index (χ3n) is 4.32. The molecule has 0 radical (unpaired) electrons. The van der Waals surface area contributed by atoms with Crippen LogP contribution in [0.1, 0.15) is 24.0 Å². The van der Waals surface area contributed by atoms with Gasteiger partial charge in [-0.2, -0.15) is 0 Å². The Bertz CT molecular complexity index is 693. The number of hydrogen-bond acceptors (Lipinski definition) is 4. The number of hydrogen-bond donors (Lipinski definition) is 1. The summed E-state index contributed by atoms with van der Waals surface area (Å²) in [4.78, 5) is 14.2. The van der Waals surface area contributed by atoms with E-state index in [0.29, 0.717) is 11.5 Å². The predicted molar refractivity (Wildman–Crippen MR) is 84.3 cm³/mol. The minimum Gasteiger partial charge on any atom is -0.423 e. The molecule has 21 heavy (non-hydrogen) atoms. The first kappa shape index (κ1) is 14.3. The van der Waals surface area contributed by atoms with Crippen LogP contribution >= 0.6 is 0 Å². The lowest BCUT2D eigenvalue weighted by Gasteiger charge is -2.32. The molecule has 1 saturated heterocycles. The fraction of sp³-hybridized carbons (Fsp3) is 0.471. The summed E-state index contributed by atoms with van der Waals surface area (Å²) in [5.41, 5.74) is 8.37. The summed E-state index contributed by atoms with van der Waals surface area (Å²) < 4.78 is 5.32. The first-order chi connectivity index (χ1) is 10.2. The average Bonchev–Trinajstić information content (AvgIpc) is 2.46. The molecule has 1 aromatic heterocycles. The lowest BCUT2D eigenvalue weighted by Crippen LogP contribution is -2.38. The summed E-state index contributed by atoms with van der Waals surface area (Å²) in [5.74, 6) is 0.576. The lowest BCUT2D eigenvalue weighted by molar-refractivity contribution is 0.171. The second-order valence-electron chi connectivity index (χ2n) is 6.07. The summed E-state index contributed by atoms with van der Waals surface area (Å²) in [6.45, 7) is 5.63. The van der Waals surface area contributed by atoms with Crippen molar-refractivity contribution in [1.82, 2.24) is 4.90 Å². The maximum Gasteiger partial charge on any atom is 0.336 e. The molecular weight excluding hydrogens is 264 g/mol. The van der Waals surface area contributed by atoms with Crippen molar-refractivity contribution in [2.45, 2.75) is 26.3 Å². The molecule has 1 aliphatic rings. The van der Waals surface area contributed by atoms with E-state index in [2.05, 4.69) is 11.0 Å². The van der Waals surface area contributed by atoms with Crippen LogP contribution in [0, 0.1) is 12.8 Å². The molecule has 0 saturated carbocycles. The smallest absolute Gasteiger partial charge is 0.336 e. The molecule has 4 heteroatoms. The highest BCUT2D eigenvalue weighted by Gasteiger charge is 2.19. The van der Waals surface area contributed by atoms with Gasteiger partial charge in [0.2, 0.25) is 0 Å². The van der Waals surface area contributed by atoms with Gasteiger partial charge < -0.3 is 10.2 Å². The van der Waals surface area contributed by atoms with Crippen molar-refractivity contribution >= 4 is 11.0 Å². The predicted octanol–water partition coefficient (Wildman–Crippen LogP) is 2.27. The van der Waals surface area contributed by atoms with Crippen LogP contribution in [0.5, 0.6) is 0 Å². The molecule has 1 unspecified atom stereocenters. The van der Waals surface area contributed by atoms with Crippen molar-refractivity contribution in [3.8, 4) is 0 Å². The Morgan fingerprint density at radius 3 is 3.05 bits per heavy atom. The molecule has 1 aliphatic heterocycles. The number of likely N-dealkylation sites (tertiary alicyclic amines) is 1. The number of aryl methyl sites for hydroxylation is 1. The second-order valence-corrected chi connectivity index (χ2v) is 6.07. The number of piperidine rings is 1. The van der Waals surface area contributed by atoms with Crippen molar-refractivity contribution in [3.63, 3.8) is 0 Å². The van der Waals surface area contributed by atoms with Gasteiger partial charge in [0.1, 0.15) is 5.58 Å². The van der Waals surface area contributed by atoms with E-state index in [9.17, 15) is 4.79 Å². The SMILES string of the molecule is Cc1ccc2c(CN3CCCC(CN)C3)cc(=O)oc2c1. The average molecular weight is 286 g/mol. The Labute approximate surface area is 124 Å². The normalized spacial score (nSPS) is 20.0. The van der Waals surface area contributed by atoms with Gasteiger partial charge in [0.05, 0.1) is 0 Å². The molecule has 2 N–H and O–H groups in total. The monoisotopic (exact) mass is 286 g/mol. The number of benzene rings is 1. The summed E-state index contributed by atoms with van der Waals surface area (Å²) in [6, 6.07) is 7.67. The van der Waals surface area contributed by atoms with E-state index in [-0.39, 0.29) is 5.63 Å². The van der Waals surface area contributed by atoms with Crippen molar-refractivity contribution < 1.29 is 4.42 Å². The van der Waals surface area contributed by atoms with Gasteiger partial charge in [-0.15, -0.1) is 0 Å². The largest absolute Gasteiger partial charge is 0.423 e. The standard InChI is InChI=1S/C17H22N2O2/c1-12-4-5-15-14(8-17(20)21-16(15)7-12)11-19-6-2-3-13(9-18)10-19/h4-5,7-8,13H,2-3,6,9-11,18H2,1H3. The van der Waals surface area contributed by atoms with Gasteiger partial charge in [0.15, 0.2) is 0 Å². The molecule has 1 aromatic carbocycles. The molecule has 4 nitrogen and oxygen atoms in total. The quantitative estimate of drug-likeness (QED) is 0.879. The zero-order chi connectivity index (χ0) is 14.8. The molecule has 1 fully saturated rings. The summed E-state index contributed by atoms with van der Waals surface area (Å²) >= 11 is 0. The van der Waals surface area contributed by atoms with Crippen molar-refractivity contribution in [1.29, 1.82) is 0 Å². The molecule has 2 heterocycles. The van der Waals surface area contributed by atoms with Crippen LogP contribution in [0.3, 0.4) is 0 Å². The van der Waals surface area contributed by atoms with E-state index in [4.69, 9.17) is 10.2 Å². The zero-order valence-electron chi connectivity index (χ0n) is 12.5. The number of rotatable bonds is 3. The molecular formula is C17H22N2O2. The molecule has 2 aromatic rings. The van der Waals surface area contributed by atoms with Crippen LogP contribution in [0.4, 0.5) is 0 Å². The first-order valence-corrected chi connectivity index (χ1v) is 7.61. The van der Waals surface area contributed by atoms with Crippen molar-refractivity contribution in [3.05, 3.63) is 45.8 Å². The van der Waals surface area contributed by atoms with Crippen LogP contribution in [0.2, 0.25) is 0 Å². The summed E-state index contributed by atoms with van der Waals surface area (Å²) in [7, 11) is 0. The lowest BCUT2D eigenvalue weighted by atomic mass is 9.97. The van der Waals surface area contributed by atoms with E-state index < -0.39 is 0 Å². The van der Waals surface area contributed by atoms with Crippen LogP contribution in [0.15, 0.2) is 33.5 Å². The van der Waals surface area contributed by atoms with Gasteiger partial charge in [-0.05, 0) is 56.0 Å². The Balaban J connectivity index is 1.91. The highest BCUT2D eigenvalue weighted by molar-refractivity contribution is 5.80. The summed E-state index contributed by atoms with van der Waals surface area (Å²) in [5, 5.41) is 1.04. The van der Waals surface area contributed by atoms with Gasteiger partial charge in [-0.3, -0.25) is 4.90 Å². The summed E-state index contributed by atoms with van der Waals surface area (Å²) in [6.07, 6.45) is 2.39. The van der Waals surface area contributed by atoms with Gasteiger partial charge in [0.25, 0.3) is 0 Å². The van der Waals surface area contributed by atoms with Gasteiger partial charge in [0, 0.05) is 24.5 Å². The maximum atomic E-state index is 11.8. The minimum atomic E-state index is -0.268. The highest BCUT2D eigenvalue weighted by Crippen LogP contribution is 2.22. The van der Waals surface area contributed by atoms with Gasteiger partial charge in [-0.25, -0.2) is 4.79 Å². The van der Waals surface area contributed by atoms with E-state index in [0.717, 1.165) is 42.7 Å². The molecule has 1 atom stereocenters. The first-order valence-electron chi connectivity index (χ1n) is 7.61. The van der Waals surface area contributed by atoms with E-state index in [1.54, 1.807) is 6.07 Å². The van der Waals surface area contributed by atoms with E-state index in [1.165, 1.54) is 12.8 Å². The number of nitrogens with two attached hydrogens (primary N) is 1. The Hall–Kier alpha value is -1.65. The van der Waals surface area contributed by atoms with E-state index >= 15 is 0 Å². The van der Waals surface area contributed by atoms with Gasteiger partial charge >= 0.3 is 5.63 Å². The number of fused-ring (bicyclic) bond motifs is 1. The molecule has 0 amide bonds. The molecule has 0 bridgehead atoms. The second kappa shape index (κ2) is 6.00. The van der Waals surface area contributed by atoms with E-state index in [1.807, 2.05) is 19.1 Å². The molecule has 0 spiro atoms. The third-order valence-corrected chi connectivity index (χ3v) is 4.32. The van der Waals surface area contributed by atoms with Crippen LogP contribution < -0.4 is 11.4 Å². The Morgan fingerprint density at radius 2 is 2.24 bits per heavy atom. The van der Waals surface area contributed by atoms with Crippen molar-refractivity contribution in [2.75, 3.05) is 19.6 Å². The van der Waals surface area contributed by atoms with Crippen LogP contribution in [-0.4, -0.2) is 24.5 Å². The topological polar surface area (TPSA) is 59.5 Å². The fourth-order valence-corrected chi connectivity index (χ4v) is 3.20. The minimum absolute atomic E-state index is 0.268. The fourth-order valence-electron chi connectivity index (χ4n) is 3.20. The van der Waals surface area contributed by atoms with Crippen LogP contribution in [-0.2, 0) is 6.54 Å².